The second kappa shape index (κ2) is 7.88. The summed E-state index contributed by atoms with van der Waals surface area (Å²) in [4.78, 5) is 12.6. The molecule has 31 heavy (non-hydrogen) atoms. The van der Waals surface area contributed by atoms with Crippen LogP contribution >= 0.6 is 0 Å². The number of carbonyl (C=O) groups is 1. The zero-order chi connectivity index (χ0) is 21.2. The molecule has 5 rings (SSSR count). The van der Waals surface area contributed by atoms with E-state index in [1.165, 1.54) is 10.8 Å². The summed E-state index contributed by atoms with van der Waals surface area (Å²) in [5, 5.41) is 16.0. The van der Waals surface area contributed by atoms with Gasteiger partial charge in [-0.2, -0.15) is 10.2 Å². The standard InChI is InChI=1S/C26H20N4O/c1-17(20-12-10-18-6-2-4-8-21(18)14-20)27-30-26(31)25-16-24(28-29-25)23-13-11-19-7-3-5-9-22(19)15-23/h2-16H,1H3,(H,28,29)(H,30,31). The lowest BCUT2D eigenvalue weighted by Gasteiger charge is -2.04. The fourth-order valence-electron chi connectivity index (χ4n) is 3.61. The largest absolute Gasteiger partial charge is 0.289 e. The van der Waals surface area contributed by atoms with Crippen molar-refractivity contribution < 1.29 is 4.79 Å². The van der Waals surface area contributed by atoms with Crippen molar-refractivity contribution in [2.45, 2.75) is 6.92 Å². The Morgan fingerprint density at radius 2 is 1.45 bits per heavy atom. The molecule has 0 saturated heterocycles. The summed E-state index contributed by atoms with van der Waals surface area (Å²) < 4.78 is 0. The van der Waals surface area contributed by atoms with Crippen LogP contribution in [0.2, 0.25) is 0 Å². The van der Waals surface area contributed by atoms with Crippen molar-refractivity contribution in [2.75, 3.05) is 0 Å². The van der Waals surface area contributed by atoms with Crippen LogP contribution in [0.4, 0.5) is 0 Å². The first-order valence-electron chi connectivity index (χ1n) is 10.1. The summed E-state index contributed by atoms with van der Waals surface area (Å²) in [6, 6.07) is 30.3. The van der Waals surface area contributed by atoms with Gasteiger partial charge in [-0.3, -0.25) is 9.89 Å². The molecular formula is C26H20N4O. The van der Waals surface area contributed by atoms with Crippen molar-refractivity contribution in [1.29, 1.82) is 0 Å². The topological polar surface area (TPSA) is 70.1 Å². The maximum atomic E-state index is 12.6. The van der Waals surface area contributed by atoms with Crippen LogP contribution in [0.1, 0.15) is 23.0 Å². The number of carbonyl (C=O) groups excluding carboxylic acids is 1. The minimum Gasteiger partial charge on any atom is -0.272 e. The van der Waals surface area contributed by atoms with Gasteiger partial charge in [-0.05, 0) is 52.2 Å². The molecule has 0 unspecified atom stereocenters. The third-order valence-corrected chi connectivity index (χ3v) is 5.36. The third kappa shape index (κ3) is 3.81. The lowest BCUT2D eigenvalue weighted by molar-refractivity contribution is 0.0950. The van der Waals surface area contributed by atoms with Gasteiger partial charge in [0.25, 0.3) is 5.91 Å². The molecule has 2 N–H and O–H groups in total. The maximum Gasteiger partial charge on any atom is 0.289 e. The summed E-state index contributed by atoms with van der Waals surface area (Å²) in [7, 11) is 0. The van der Waals surface area contributed by atoms with Gasteiger partial charge in [0.05, 0.1) is 11.4 Å². The van der Waals surface area contributed by atoms with Crippen LogP contribution in [0.15, 0.2) is 96.1 Å². The average molecular weight is 404 g/mol. The molecule has 0 radical (unpaired) electrons. The number of amides is 1. The van der Waals surface area contributed by atoms with Crippen molar-refractivity contribution in [3.05, 3.63) is 102 Å². The minimum absolute atomic E-state index is 0.334. The Hall–Kier alpha value is -4.25. The highest BCUT2D eigenvalue weighted by Crippen LogP contribution is 2.23. The number of rotatable bonds is 4. The number of H-pyrrole nitrogens is 1. The molecular weight excluding hydrogens is 384 g/mol. The number of nitrogens with one attached hydrogen (secondary N) is 2. The number of benzene rings is 4. The number of fused-ring (bicyclic) bond motifs is 2. The Morgan fingerprint density at radius 3 is 2.19 bits per heavy atom. The van der Waals surface area contributed by atoms with E-state index in [0.29, 0.717) is 11.4 Å². The summed E-state index contributed by atoms with van der Waals surface area (Å²) in [5.74, 6) is -0.334. The van der Waals surface area contributed by atoms with Crippen LogP contribution in [0.25, 0.3) is 32.8 Å². The Labute approximate surface area is 179 Å². The van der Waals surface area contributed by atoms with Gasteiger partial charge in [0, 0.05) is 5.56 Å². The van der Waals surface area contributed by atoms with Crippen molar-refractivity contribution >= 4 is 33.2 Å². The molecule has 1 amide bonds. The van der Waals surface area contributed by atoms with Gasteiger partial charge in [-0.1, -0.05) is 72.8 Å². The molecule has 0 atom stereocenters. The molecule has 150 valence electrons. The zero-order valence-corrected chi connectivity index (χ0v) is 17.0. The number of hydrazone groups is 1. The molecule has 0 aliphatic carbocycles. The Bertz CT molecular complexity index is 1450. The van der Waals surface area contributed by atoms with Gasteiger partial charge in [0.15, 0.2) is 0 Å². The van der Waals surface area contributed by atoms with E-state index in [9.17, 15) is 4.79 Å². The Balaban J connectivity index is 1.33. The van der Waals surface area contributed by atoms with Gasteiger partial charge in [0.1, 0.15) is 5.69 Å². The van der Waals surface area contributed by atoms with Gasteiger partial charge in [-0.25, -0.2) is 5.43 Å². The van der Waals surface area contributed by atoms with E-state index in [4.69, 9.17) is 0 Å². The van der Waals surface area contributed by atoms with Crippen molar-refractivity contribution in [3.63, 3.8) is 0 Å². The SMILES string of the molecule is CC(=NNC(=O)c1cc(-c2ccc3ccccc3c2)n[nH]1)c1ccc2ccccc2c1. The molecule has 4 aromatic carbocycles. The van der Waals surface area contributed by atoms with Crippen LogP contribution in [-0.2, 0) is 0 Å². The van der Waals surface area contributed by atoms with Crippen molar-refractivity contribution in [2.24, 2.45) is 5.10 Å². The van der Waals surface area contributed by atoms with Crippen molar-refractivity contribution in [3.8, 4) is 11.3 Å². The molecule has 1 aromatic heterocycles. The van der Waals surface area contributed by atoms with E-state index in [2.05, 4.69) is 69.3 Å². The number of aromatic amines is 1. The van der Waals surface area contributed by atoms with Crippen LogP contribution in [0.5, 0.6) is 0 Å². The van der Waals surface area contributed by atoms with Crippen LogP contribution in [-0.4, -0.2) is 21.8 Å². The fourth-order valence-corrected chi connectivity index (χ4v) is 3.61. The maximum absolute atomic E-state index is 12.6. The summed E-state index contributed by atoms with van der Waals surface area (Å²) in [6.07, 6.45) is 0. The molecule has 0 aliphatic rings. The summed E-state index contributed by atoms with van der Waals surface area (Å²) in [6.45, 7) is 1.87. The van der Waals surface area contributed by atoms with Crippen molar-refractivity contribution in [1.82, 2.24) is 15.6 Å². The highest BCUT2D eigenvalue weighted by molar-refractivity contribution is 6.03. The number of hydrogen-bond donors (Lipinski definition) is 2. The van der Waals surface area contributed by atoms with Gasteiger partial charge in [0.2, 0.25) is 0 Å². The first kappa shape index (κ1) is 18.8. The minimum atomic E-state index is -0.334. The van der Waals surface area contributed by atoms with E-state index in [1.807, 2.05) is 43.3 Å². The molecule has 1 heterocycles. The lowest BCUT2D eigenvalue weighted by atomic mass is 10.0. The number of aromatic nitrogens is 2. The van der Waals surface area contributed by atoms with Gasteiger partial charge < -0.3 is 0 Å². The highest BCUT2D eigenvalue weighted by Gasteiger charge is 2.11. The lowest BCUT2D eigenvalue weighted by Crippen LogP contribution is -2.19. The monoisotopic (exact) mass is 404 g/mol. The van der Waals surface area contributed by atoms with E-state index >= 15 is 0 Å². The summed E-state index contributed by atoms with van der Waals surface area (Å²) in [5.41, 5.74) is 6.33. The van der Waals surface area contributed by atoms with Gasteiger partial charge >= 0.3 is 0 Å². The molecule has 5 heteroatoms. The molecule has 0 aliphatic heterocycles. The third-order valence-electron chi connectivity index (χ3n) is 5.36. The molecule has 5 nitrogen and oxygen atoms in total. The first-order chi connectivity index (χ1) is 15.2. The zero-order valence-electron chi connectivity index (χ0n) is 17.0. The quantitative estimate of drug-likeness (QED) is 0.305. The second-order valence-electron chi connectivity index (χ2n) is 7.43. The molecule has 0 bridgehead atoms. The van der Waals surface area contributed by atoms with E-state index in [0.717, 1.165) is 27.6 Å². The average Bonchev–Trinajstić information content (AvgIpc) is 3.32. The molecule has 0 fully saturated rings. The molecule has 0 spiro atoms. The first-order valence-corrected chi connectivity index (χ1v) is 10.1. The summed E-state index contributed by atoms with van der Waals surface area (Å²) >= 11 is 0. The second-order valence-corrected chi connectivity index (χ2v) is 7.43. The smallest absolute Gasteiger partial charge is 0.272 e. The highest BCUT2D eigenvalue weighted by atomic mass is 16.2. The Kier molecular flexibility index (Phi) is 4.77. The molecule has 0 saturated carbocycles. The van der Waals surface area contributed by atoms with Gasteiger partial charge in [-0.15, -0.1) is 0 Å². The van der Waals surface area contributed by atoms with Crippen LogP contribution < -0.4 is 5.43 Å². The predicted molar refractivity (Wildman–Crippen MR) is 125 cm³/mol. The van der Waals surface area contributed by atoms with Crippen LogP contribution in [0.3, 0.4) is 0 Å². The molecule has 5 aromatic rings. The predicted octanol–water partition coefficient (Wildman–Crippen LogP) is 5.54. The normalized spacial score (nSPS) is 11.7. The van der Waals surface area contributed by atoms with Crippen LogP contribution in [0, 0.1) is 0 Å². The van der Waals surface area contributed by atoms with E-state index in [1.54, 1.807) is 6.07 Å². The Morgan fingerprint density at radius 1 is 0.806 bits per heavy atom. The number of nitrogens with zero attached hydrogens (tertiary/aromatic N) is 2. The number of hydrogen-bond acceptors (Lipinski definition) is 3. The fraction of sp³-hybridized carbons (Fsp3) is 0.0385. The van der Waals surface area contributed by atoms with E-state index in [-0.39, 0.29) is 5.91 Å². The van der Waals surface area contributed by atoms with E-state index < -0.39 is 0 Å².